The number of hydrogen-bond acceptors (Lipinski definition) is 3. The second-order valence-corrected chi connectivity index (χ2v) is 6.31. The number of aryl methyl sites for hydroxylation is 1. The number of carbonyl (C=O) groups excluding carboxylic acids is 1. The number of amides is 1. The highest BCUT2D eigenvalue weighted by molar-refractivity contribution is 7.09. The summed E-state index contributed by atoms with van der Waals surface area (Å²) in [5.41, 5.74) is 0.267. The highest BCUT2D eigenvalue weighted by Crippen LogP contribution is 2.31. The Morgan fingerprint density at radius 2 is 2.05 bits per heavy atom. The van der Waals surface area contributed by atoms with E-state index in [-0.39, 0.29) is 12.6 Å². The van der Waals surface area contributed by atoms with E-state index in [0.717, 1.165) is 30.0 Å². The van der Waals surface area contributed by atoms with E-state index in [1.54, 1.807) is 0 Å². The number of rotatable bonds is 4. The molecule has 1 aromatic heterocycles. The van der Waals surface area contributed by atoms with Crippen molar-refractivity contribution in [3.05, 3.63) is 51.2 Å². The summed E-state index contributed by atoms with van der Waals surface area (Å²) in [6.45, 7) is 2.10. The minimum Gasteiger partial charge on any atom is -0.330 e. The van der Waals surface area contributed by atoms with Crippen molar-refractivity contribution in [3.63, 3.8) is 0 Å². The molecule has 0 unspecified atom stereocenters. The van der Waals surface area contributed by atoms with Gasteiger partial charge >= 0.3 is 0 Å². The summed E-state index contributed by atoms with van der Waals surface area (Å²) in [5.74, 6) is -5.00. The first kappa shape index (κ1) is 15.0. The minimum absolute atomic E-state index is 0.00187. The summed E-state index contributed by atoms with van der Waals surface area (Å²) in [6.07, 6.45) is 1.64. The second kappa shape index (κ2) is 5.72. The summed E-state index contributed by atoms with van der Waals surface area (Å²) in [4.78, 5) is 18.3. The lowest BCUT2D eigenvalue weighted by Crippen LogP contribution is -2.33. The molecule has 1 aliphatic rings. The molecule has 1 saturated carbocycles. The Kier molecular flexibility index (Phi) is 3.90. The fraction of sp³-hybridized carbons (Fsp3) is 0.333. The van der Waals surface area contributed by atoms with Crippen LogP contribution in [0, 0.1) is 24.4 Å². The smallest absolute Gasteiger partial charge is 0.257 e. The van der Waals surface area contributed by atoms with Crippen molar-refractivity contribution in [1.82, 2.24) is 9.88 Å². The van der Waals surface area contributed by atoms with Gasteiger partial charge in [0.2, 0.25) is 0 Å². The van der Waals surface area contributed by atoms with E-state index in [9.17, 15) is 18.0 Å². The van der Waals surface area contributed by atoms with Gasteiger partial charge < -0.3 is 4.90 Å². The average Bonchev–Trinajstić information content (AvgIpc) is 3.24. The molecule has 22 heavy (non-hydrogen) atoms. The van der Waals surface area contributed by atoms with Gasteiger partial charge in [0.25, 0.3) is 5.91 Å². The number of thiazole rings is 1. The van der Waals surface area contributed by atoms with Gasteiger partial charge in [-0.25, -0.2) is 18.2 Å². The topological polar surface area (TPSA) is 33.2 Å². The SMILES string of the molecule is Cc1nc(CN(C(=O)c2ccc(F)c(F)c2F)C2CC2)cs1. The van der Waals surface area contributed by atoms with Crippen LogP contribution in [0.15, 0.2) is 17.5 Å². The van der Waals surface area contributed by atoms with Crippen LogP contribution in [0.4, 0.5) is 13.2 Å². The Morgan fingerprint density at radius 1 is 1.32 bits per heavy atom. The molecular weight excluding hydrogens is 313 g/mol. The lowest BCUT2D eigenvalue weighted by molar-refractivity contribution is 0.0721. The fourth-order valence-corrected chi connectivity index (χ4v) is 2.86. The van der Waals surface area contributed by atoms with Crippen molar-refractivity contribution in [2.24, 2.45) is 0 Å². The molecule has 0 N–H and O–H groups in total. The first-order chi connectivity index (χ1) is 10.5. The van der Waals surface area contributed by atoms with Crippen molar-refractivity contribution in [2.75, 3.05) is 0 Å². The van der Waals surface area contributed by atoms with Crippen LogP contribution in [0.3, 0.4) is 0 Å². The van der Waals surface area contributed by atoms with E-state index in [1.165, 1.54) is 16.2 Å². The minimum atomic E-state index is -1.62. The van der Waals surface area contributed by atoms with Crippen LogP contribution < -0.4 is 0 Å². The number of carbonyl (C=O) groups is 1. The summed E-state index contributed by atoms with van der Waals surface area (Å²) in [5, 5.41) is 2.71. The molecule has 0 atom stereocenters. The molecule has 0 spiro atoms. The largest absolute Gasteiger partial charge is 0.330 e. The Bertz CT molecular complexity index is 728. The standard InChI is InChI=1S/C15H13F3N2OS/c1-8-19-9(7-22-8)6-20(10-2-3-10)15(21)11-4-5-12(16)14(18)13(11)17/h4-5,7,10H,2-3,6H2,1H3. The molecule has 0 saturated heterocycles. The number of halogens is 3. The Balaban J connectivity index is 1.89. The van der Waals surface area contributed by atoms with Crippen LogP contribution in [-0.2, 0) is 6.54 Å². The molecule has 1 amide bonds. The summed E-state index contributed by atoms with van der Waals surface area (Å²) in [6, 6.07) is 1.75. The van der Waals surface area contributed by atoms with Crippen molar-refractivity contribution < 1.29 is 18.0 Å². The predicted molar refractivity (Wildman–Crippen MR) is 76.1 cm³/mol. The monoisotopic (exact) mass is 326 g/mol. The quantitative estimate of drug-likeness (QED) is 0.803. The molecule has 2 aromatic rings. The molecule has 1 heterocycles. The predicted octanol–water partition coefficient (Wildman–Crippen LogP) is 3.67. The van der Waals surface area contributed by atoms with Crippen molar-refractivity contribution in [1.29, 1.82) is 0 Å². The maximum absolute atomic E-state index is 13.8. The molecule has 0 bridgehead atoms. The molecule has 3 rings (SSSR count). The number of hydrogen-bond donors (Lipinski definition) is 0. The van der Waals surface area contributed by atoms with E-state index < -0.39 is 28.9 Å². The summed E-state index contributed by atoms with van der Waals surface area (Å²) in [7, 11) is 0. The van der Waals surface area contributed by atoms with Gasteiger partial charge in [-0.3, -0.25) is 4.79 Å². The molecule has 7 heteroatoms. The number of nitrogens with zero attached hydrogens (tertiary/aromatic N) is 2. The van der Waals surface area contributed by atoms with E-state index in [4.69, 9.17) is 0 Å². The van der Waals surface area contributed by atoms with Crippen molar-refractivity contribution in [2.45, 2.75) is 32.4 Å². The molecule has 1 aromatic carbocycles. The third-order valence-electron chi connectivity index (χ3n) is 3.51. The number of benzene rings is 1. The van der Waals surface area contributed by atoms with E-state index >= 15 is 0 Å². The van der Waals surface area contributed by atoms with Crippen LogP contribution in [0.25, 0.3) is 0 Å². The Hall–Kier alpha value is -1.89. The van der Waals surface area contributed by atoms with Crippen LogP contribution in [-0.4, -0.2) is 21.8 Å². The zero-order chi connectivity index (χ0) is 15.9. The van der Waals surface area contributed by atoms with Gasteiger partial charge in [0.1, 0.15) is 0 Å². The first-order valence-electron chi connectivity index (χ1n) is 6.83. The normalized spacial score (nSPS) is 14.2. The van der Waals surface area contributed by atoms with Gasteiger partial charge in [-0.2, -0.15) is 0 Å². The highest BCUT2D eigenvalue weighted by atomic mass is 32.1. The van der Waals surface area contributed by atoms with Gasteiger partial charge in [0.15, 0.2) is 17.5 Å². The Morgan fingerprint density at radius 3 is 2.64 bits per heavy atom. The average molecular weight is 326 g/mol. The maximum atomic E-state index is 13.8. The molecule has 116 valence electrons. The van der Waals surface area contributed by atoms with E-state index in [0.29, 0.717) is 5.69 Å². The molecule has 1 fully saturated rings. The van der Waals surface area contributed by atoms with Gasteiger partial charge in [-0.15, -0.1) is 11.3 Å². The van der Waals surface area contributed by atoms with Crippen LogP contribution in [0.2, 0.25) is 0 Å². The molecule has 0 aliphatic heterocycles. The van der Waals surface area contributed by atoms with Gasteiger partial charge in [0.05, 0.1) is 22.8 Å². The highest BCUT2D eigenvalue weighted by Gasteiger charge is 2.35. The second-order valence-electron chi connectivity index (χ2n) is 5.24. The summed E-state index contributed by atoms with van der Waals surface area (Å²) < 4.78 is 40.2. The zero-order valence-corrected chi connectivity index (χ0v) is 12.6. The Labute approximate surface area is 129 Å². The van der Waals surface area contributed by atoms with E-state index in [2.05, 4.69) is 4.98 Å². The van der Waals surface area contributed by atoms with Crippen molar-refractivity contribution in [3.8, 4) is 0 Å². The molecular formula is C15H13F3N2OS. The van der Waals surface area contributed by atoms with Crippen LogP contribution in [0.1, 0.15) is 33.9 Å². The number of aromatic nitrogens is 1. The third kappa shape index (κ3) is 2.85. The molecule has 1 aliphatic carbocycles. The van der Waals surface area contributed by atoms with Gasteiger partial charge in [-0.1, -0.05) is 0 Å². The first-order valence-corrected chi connectivity index (χ1v) is 7.71. The van der Waals surface area contributed by atoms with Crippen LogP contribution >= 0.6 is 11.3 Å². The van der Waals surface area contributed by atoms with Gasteiger partial charge in [0, 0.05) is 11.4 Å². The fourth-order valence-electron chi connectivity index (χ4n) is 2.25. The lowest BCUT2D eigenvalue weighted by atomic mass is 10.1. The zero-order valence-electron chi connectivity index (χ0n) is 11.8. The van der Waals surface area contributed by atoms with Crippen molar-refractivity contribution >= 4 is 17.2 Å². The van der Waals surface area contributed by atoms with Crippen LogP contribution in [0.5, 0.6) is 0 Å². The summed E-state index contributed by atoms with van der Waals surface area (Å²) >= 11 is 1.46. The van der Waals surface area contributed by atoms with E-state index in [1.807, 2.05) is 12.3 Å². The molecule has 3 nitrogen and oxygen atoms in total. The van der Waals surface area contributed by atoms with Gasteiger partial charge in [-0.05, 0) is 31.9 Å². The maximum Gasteiger partial charge on any atom is 0.257 e. The third-order valence-corrected chi connectivity index (χ3v) is 4.34. The molecule has 0 radical (unpaired) electrons. The lowest BCUT2D eigenvalue weighted by Gasteiger charge is -2.22.